The molecule has 4 unspecified atom stereocenters. The van der Waals surface area contributed by atoms with E-state index in [1.54, 1.807) is 111 Å². The lowest BCUT2D eigenvalue weighted by Crippen LogP contribution is -2.31. The first kappa shape index (κ1) is 79.8. The van der Waals surface area contributed by atoms with Crippen LogP contribution in [-0.4, -0.2) is 75.6 Å². The van der Waals surface area contributed by atoms with Crippen LogP contribution in [0.4, 0.5) is 46.0 Å². The molecule has 14 aromatic rings. The minimum Gasteiger partial charge on any atom is -0.478 e. The van der Waals surface area contributed by atoms with Crippen molar-refractivity contribution in [1.29, 1.82) is 0 Å². The van der Waals surface area contributed by atoms with E-state index in [1.165, 1.54) is 22.7 Å². The van der Waals surface area contributed by atoms with Crippen LogP contribution in [0.3, 0.4) is 0 Å². The number of anilines is 8. The summed E-state index contributed by atoms with van der Waals surface area (Å²) in [4.78, 5) is 37.9. The first-order valence-corrected chi connectivity index (χ1v) is 39.3. The van der Waals surface area contributed by atoms with Crippen LogP contribution < -0.4 is 43.8 Å². The van der Waals surface area contributed by atoms with Crippen molar-refractivity contribution in [3.63, 3.8) is 0 Å². The molecule has 0 saturated carbocycles. The van der Waals surface area contributed by atoms with Gasteiger partial charge in [0, 0.05) is 108 Å². The van der Waals surface area contributed by atoms with Gasteiger partial charge in [0.25, 0.3) is 5.91 Å². The Hall–Kier alpha value is -9.72. The molecule has 1 amide bonds. The Bertz CT molecular complexity index is 5900. The van der Waals surface area contributed by atoms with Gasteiger partial charge in [-0.1, -0.05) is 132 Å². The zero-order valence-electron chi connectivity index (χ0n) is 57.0. The van der Waals surface area contributed by atoms with Crippen LogP contribution in [0.15, 0.2) is 199 Å². The van der Waals surface area contributed by atoms with Gasteiger partial charge in [-0.3, -0.25) is 4.79 Å². The fourth-order valence-corrected chi connectivity index (χ4v) is 16.9. The van der Waals surface area contributed by atoms with Crippen molar-refractivity contribution in [1.82, 2.24) is 58.6 Å². The van der Waals surface area contributed by atoms with Gasteiger partial charge in [-0.15, -0.1) is 45.3 Å². The number of carboxylic acids is 1. The number of aromatic amines is 1. The van der Waals surface area contributed by atoms with Crippen molar-refractivity contribution < 1.29 is 14.7 Å². The number of thiophene rings is 4. The maximum absolute atomic E-state index is 13.1. The van der Waals surface area contributed by atoms with Crippen LogP contribution >= 0.6 is 138 Å². The highest BCUT2D eigenvalue weighted by atomic mass is 35.5. The van der Waals surface area contributed by atoms with Crippen molar-refractivity contribution in [3.8, 4) is 0 Å². The van der Waals surface area contributed by atoms with Crippen LogP contribution in [0.25, 0.3) is 33.2 Å². The number of halogens is 8. The number of hydrogen-bond acceptors (Lipinski definition) is 19. The number of amides is 1. The predicted octanol–water partition coefficient (Wildman–Crippen LogP) is 21.7. The molecule has 4 aliphatic rings. The molecule has 4 aromatic carbocycles. The molecule has 0 fully saturated rings. The standard InChI is InChI=1S/C19H15Cl2N5S.C18H15Cl2N5OS.C18H13Cl2N5S.C14H11Cl2N3O2.C4H6N2S.2CH4/c1-10-17(19-24-14-8-27-9-15(14)25(19)2)18(26-16(23-10)5-6-22-26)11-3-4-12(20)13(21)7-11;1-9-16(18(26)24-14-8-27-7-13(14)21)17(25-15(23-9)4-5-22-25)10-2-3-11(19)12(20)6-10;1-9-16(18-23-13-7-26-8-14(13)24-18)17(25-15(22-9)4-5-21-25)10-2-3-11(19)12(20)6-10;1-7-12(14(20)21)13(19-11(18-7)4-5-17-19)8-2-3-9(15)10(16)6-8;5-3-1-7-2-4(3)6;;/h3-9,18,23H,1-2H3;2-8,17,23H,21H2,1H3,(H,24,26);2-8,17,22H,1H3,(H,23,24);2-6,13,18H,1H3,(H,20,21);1-2H,5-6H2;2*1H4. The highest BCUT2D eigenvalue weighted by Crippen LogP contribution is 2.46. The summed E-state index contributed by atoms with van der Waals surface area (Å²) in [5.41, 5.74) is 32.9. The lowest BCUT2D eigenvalue weighted by molar-refractivity contribution is -0.133. The number of H-pyrrole nitrogens is 1. The van der Waals surface area contributed by atoms with E-state index >= 15 is 0 Å². The van der Waals surface area contributed by atoms with Gasteiger partial charge in [0.2, 0.25) is 0 Å². The second kappa shape index (κ2) is 33.5. The molecule has 14 heterocycles. The molecule has 0 spiro atoms. The number of nitrogens with zero attached hydrogens (tertiary/aromatic N) is 11. The Morgan fingerprint density at radius 3 is 1.25 bits per heavy atom. The molecule has 13 N–H and O–H groups in total. The van der Waals surface area contributed by atoms with Crippen LogP contribution in [0.5, 0.6) is 0 Å². The van der Waals surface area contributed by atoms with E-state index in [1.807, 2.05) is 107 Å². The second-order valence-corrected chi connectivity index (χ2v) is 31.0. The Morgan fingerprint density at radius 1 is 0.445 bits per heavy atom. The second-order valence-electron chi connectivity index (χ2n) is 24.8. The van der Waals surface area contributed by atoms with E-state index in [2.05, 4.69) is 79.6 Å². The summed E-state index contributed by atoms with van der Waals surface area (Å²) in [5, 5.41) is 62.5. The Morgan fingerprint density at radius 2 is 0.827 bits per heavy atom. The molecular formula is C75H68Cl8N20O3S4. The number of hydrogen-bond donors (Lipinski definition) is 10. The fourth-order valence-electron chi connectivity index (χ4n) is 12.9. The number of aliphatic carboxylic acids is 1. The number of carbonyl (C=O) groups excluding carboxylic acids is 1. The number of fused-ring (bicyclic) bond motifs is 6. The average molecular weight is 1710 g/mol. The van der Waals surface area contributed by atoms with Gasteiger partial charge in [0.1, 0.15) is 59.1 Å². The zero-order chi connectivity index (χ0) is 76.1. The third kappa shape index (κ3) is 15.8. The smallest absolute Gasteiger partial charge is 0.335 e. The van der Waals surface area contributed by atoms with Crippen LogP contribution in [-0.2, 0) is 16.6 Å². The number of imidazole rings is 2. The minimum atomic E-state index is -1.00. The predicted molar refractivity (Wildman–Crippen MR) is 457 cm³/mol. The molecule has 566 valence electrons. The molecule has 110 heavy (non-hydrogen) atoms. The van der Waals surface area contributed by atoms with Gasteiger partial charge in [-0.25, -0.2) is 33.5 Å². The van der Waals surface area contributed by atoms with E-state index in [-0.39, 0.29) is 38.4 Å². The van der Waals surface area contributed by atoms with E-state index < -0.39 is 18.1 Å². The number of aromatic nitrogens is 12. The van der Waals surface area contributed by atoms with Crippen molar-refractivity contribution in [3.05, 3.63) is 273 Å². The number of nitrogens with one attached hydrogen (secondary N) is 6. The number of carboxylic acid groups (broad SMARTS) is 1. The molecule has 4 aliphatic heterocycles. The third-order valence-corrected chi connectivity index (χ3v) is 23.9. The Labute approximate surface area is 687 Å². The molecule has 0 radical (unpaired) electrons. The monoisotopic (exact) mass is 1700 g/mol. The third-order valence-electron chi connectivity index (χ3n) is 18.0. The van der Waals surface area contributed by atoms with E-state index in [4.69, 9.17) is 120 Å². The number of benzene rings is 4. The quantitative estimate of drug-likeness (QED) is 0.0642. The fraction of sp³-hybridized carbons (Fsp3) is 0.147. The number of nitrogen functional groups attached to an aromatic ring is 3. The maximum atomic E-state index is 13.1. The number of rotatable bonds is 9. The normalized spacial score (nSPS) is 15.9. The molecule has 18 rings (SSSR count). The molecular weight excluding hydrogens is 1640 g/mol. The summed E-state index contributed by atoms with van der Waals surface area (Å²) in [7, 11) is 2.04. The summed E-state index contributed by atoms with van der Waals surface area (Å²) in [5.74, 6) is 3.85. The first-order valence-electron chi connectivity index (χ1n) is 32.5. The van der Waals surface area contributed by atoms with Gasteiger partial charge < -0.3 is 58.4 Å². The molecule has 0 saturated heterocycles. The Balaban J connectivity index is 0.000000132. The molecule has 0 aliphatic carbocycles. The van der Waals surface area contributed by atoms with Crippen LogP contribution in [0.1, 0.15) is 101 Å². The Kier molecular flexibility index (Phi) is 24.3. The lowest BCUT2D eigenvalue weighted by atomic mass is 9.95. The van der Waals surface area contributed by atoms with E-state index in [0.717, 1.165) is 102 Å². The van der Waals surface area contributed by atoms with Crippen molar-refractivity contribution in [2.75, 3.05) is 43.8 Å². The SMILES string of the molecule is C.C.CC1=C(C(=O)Nc2cscc2N)C(c2ccc(Cl)c(Cl)c2)n2nccc2N1.CC1=C(C(=O)O)C(c2ccc(Cl)c(Cl)c2)n2nccc2N1.CC1=C(c2nc3cscc3[nH]2)C(c2ccc(Cl)c(Cl)c2)n2nccc2N1.CC1=C(c2nc3cscc3n2C)C(c2ccc(Cl)c(Cl)c2)n2nccc2N1.Nc1cscc1N. The van der Waals surface area contributed by atoms with Gasteiger partial charge in [0.15, 0.2) is 0 Å². The lowest BCUT2D eigenvalue weighted by Gasteiger charge is -2.30. The van der Waals surface area contributed by atoms with Crippen molar-refractivity contribution >= 4 is 229 Å². The number of allylic oxidation sites excluding steroid dienone is 6. The average Bonchev–Trinajstić information content (AvgIpc) is 1.58. The molecule has 4 atom stereocenters. The maximum Gasteiger partial charge on any atom is 0.335 e. The van der Waals surface area contributed by atoms with Crippen LogP contribution in [0.2, 0.25) is 40.2 Å². The number of carbonyl (C=O) groups is 2. The molecule has 23 nitrogen and oxygen atoms in total. The van der Waals surface area contributed by atoms with Gasteiger partial charge >= 0.3 is 5.97 Å². The largest absolute Gasteiger partial charge is 0.478 e. The van der Waals surface area contributed by atoms with Gasteiger partial charge in [-0.05, 0) is 98.5 Å². The molecule has 0 bridgehead atoms. The first-order chi connectivity index (χ1) is 51.9. The molecule has 10 aromatic heterocycles. The summed E-state index contributed by atoms with van der Waals surface area (Å²) >= 11 is 55.4. The van der Waals surface area contributed by atoms with Crippen molar-refractivity contribution in [2.45, 2.75) is 66.7 Å². The topological polar surface area (TPSA) is 310 Å². The minimum absolute atomic E-state index is 0. The summed E-state index contributed by atoms with van der Waals surface area (Å²) in [6, 6.07) is 28.0. The summed E-state index contributed by atoms with van der Waals surface area (Å²) < 4.78 is 9.40. The highest BCUT2D eigenvalue weighted by molar-refractivity contribution is 7.10. The van der Waals surface area contributed by atoms with E-state index in [9.17, 15) is 14.7 Å². The highest BCUT2D eigenvalue weighted by Gasteiger charge is 2.37. The van der Waals surface area contributed by atoms with Crippen molar-refractivity contribution in [2.24, 2.45) is 7.05 Å². The van der Waals surface area contributed by atoms with Gasteiger partial charge in [-0.2, -0.15) is 20.4 Å². The van der Waals surface area contributed by atoms with Gasteiger partial charge in [0.05, 0.1) is 121 Å². The number of aryl methyl sites for hydroxylation is 1. The number of nitrogens with two attached hydrogens (primary N) is 3. The van der Waals surface area contributed by atoms with E-state index in [0.29, 0.717) is 79.8 Å². The molecule has 35 heteroatoms. The summed E-state index contributed by atoms with van der Waals surface area (Å²) in [6.45, 7) is 7.70. The summed E-state index contributed by atoms with van der Waals surface area (Å²) in [6.07, 6.45) is 6.87. The zero-order valence-corrected chi connectivity index (χ0v) is 66.4. The van der Waals surface area contributed by atoms with Crippen LogP contribution in [0, 0.1) is 0 Å².